The molecule has 4 aliphatic heterocycles. The highest BCUT2D eigenvalue weighted by Crippen LogP contribution is 2.58. The third-order valence-corrected chi connectivity index (χ3v) is 29.2. The van der Waals surface area contributed by atoms with E-state index in [4.69, 9.17) is 49.8 Å². The number of aryl methyl sites for hydroxylation is 2. The van der Waals surface area contributed by atoms with Gasteiger partial charge < -0.3 is 45.2 Å². The van der Waals surface area contributed by atoms with Crippen LogP contribution in [0.25, 0.3) is 0 Å². The van der Waals surface area contributed by atoms with Crippen LogP contribution in [0.2, 0.25) is 0 Å². The van der Waals surface area contributed by atoms with Gasteiger partial charge in [-0.2, -0.15) is 0 Å². The van der Waals surface area contributed by atoms with Crippen LogP contribution in [0, 0.1) is 28.6 Å². The van der Waals surface area contributed by atoms with Crippen molar-refractivity contribution >= 4 is 39.5 Å². The van der Waals surface area contributed by atoms with Gasteiger partial charge in [-0.05, 0) is 170 Å². The minimum absolute atomic E-state index is 0.0224. The molecule has 3 fully saturated rings. The van der Waals surface area contributed by atoms with Crippen LogP contribution in [0.1, 0.15) is 294 Å². The molecule has 0 radical (unpaired) electrons. The summed E-state index contributed by atoms with van der Waals surface area (Å²) in [5, 5.41) is 1.16. The van der Waals surface area contributed by atoms with E-state index in [2.05, 4.69) is 374 Å². The Morgan fingerprint density at radius 1 is 0.366 bits per heavy atom. The molecule has 0 aromatic heterocycles. The number of benzene rings is 9. The van der Waals surface area contributed by atoms with Crippen molar-refractivity contribution in [3.8, 4) is 23.0 Å². The highest BCUT2D eigenvalue weighted by molar-refractivity contribution is 7.56. The van der Waals surface area contributed by atoms with Gasteiger partial charge in [-0.3, -0.25) is 4.52 Å². The second kappa shape index (κ2) is 40.9. The zero-order valence-electron chi connectivity index (χ0n) is 79.6. The number of fused-ring (bicyclic) bond motifs is 2. The van der Waals surface area contributed by atoms with Crippen molar-refractivity contribution in [2.75, 3.05) is 46.2 Å². The van der Waals surface area contributed by atoms with Crippen LogP contribution < -0.4 is 23.4 Å². The fourth-order valence-electron chi connectivity index (χ4n) is 16.5. The van der Waals surface area contributed by atoms with E-state index >= 15 is 0 Å². The SMILES string of the molecule is CC(C)(c1ccccc1)c1ccc(P2OCC3(COP(Oc4ccc(C(C)(C)c5ccccc5)cc4C(C)(C)c4ccccc4)OC3)CO2)c(CCCc2ccccc2)c1.CCC1(C)COP(Oc2c(C(C)(C)C)cc(CC(C)C)cc2C(C)(C)C)OC1.CCOP1Oc2c(cc(CC(C)C)cc2C(C)(C)C)Cc2cc(CC(C)C)cc(C(C)(C)C)c2O1. The molecule has 1 spiro atoms. The summed E-state index contributed by atoms with van der Waals surface area (Å²) in [4.78, 5) is 0. The molecular weight excluding hydrogens is 1600 g/mol. The highest BCUT2D eigenvalue weighted by Gasteiger charge is 2.46. The summed E-state index contributed by atoms with van der Waals surface area (Å²) >= 11 is 0. The van der Waals surface area contributed by atoms with Gasteiger partial charge in [0.05, 0.1) is 51.7 Å². The Labute approximate surface area is 747 Å². The Bertz CT molecular complexity index is 4780. The fourth-order valence-corrected chi connectivity index (χ4v) is 22.0. The molecule has 4 heterocycles. The average molecular weight is 1740 g/mol. The van der Waals surface area contributed by atoms with E-state index in [-0.39, 0.29) is 43.3 Å². The summed E-state index contributed by atoms with van der Waals surface area (Å²) in [7, 11) is -5.84. The van der Waals surface area contributed by atoms with Gasteiger partial charge in [-0.1, -0.05) is 362 Å². The van der Waals surface area contributed by atoms with Crippen molar-refractivity contribution in [2.24, 2.45) is 28.6 Å². The molecular formula is C108H146O11P4. The summed E-state index contributed by atoms with van der Waals surface area (Å²) < 4.78 is 70.8. The van der Waals surface area contributed by atoms with Gasteiger partial charge in [0, 0.05) is 61.2 Å². The van der Waals surface area contributed by atoms with E-state index in [0.29, 0.717) is 64.0 Å². The molecule has 4 aliphatic rings. The molecule has 0 bridgehead atoms. The molecule has 0 amide bonds. The lowest BCUT2D eigenvalue weighted by Crippen LogP contribution is -2.45. The van der Waals surface area contributed by atoms with Crippen LogP contribution in [0.3, 0.4) is 0 Å². The smallest absolute Gasteiger partial charge is 0.426 e. The van der Waals surface area contributed by atoms with E-state index in [0.717, 1.165) is 85.2 Å². The summed E-state index contributed by atoms with van der Waals surface area (Å²) in [6.07, 6.45) is 8.04. The van der Waals surface area contributed by atoms with Crippen molar-refractivity contribution in [2.45, 2.75) is 276 Å². The third kappa shape index (κ3) is 25.1. The van der Waals surface area contributed by atoms with Crippen molar-refractivity contribution in [1.82, 2.24) is 0 Å². The number of hydrogen-bond donors (Lipinski definition) is 0. The largest absolute Gasteiger partial charge is 0.463 e. The lowest BCUT2D eigenvalue weighted by Gasteiger charge is -2.42. The Balaban J connectivity index is 0.000000198. The van der Waals surface area contributed by atoms with Crippen LogP contribution in [-0.4, -0.2) is 46.2 Å². The van der Waals surface area contributed by atoms with Crippen LogP contribution in [-0.2, 0) is 108 Å². The van der Waals surface area contributed by atoms with Crippen molar-refractivity contribution in [1.29, 1.82) is 0 Å². The van der Waals surface area contributed by atoms with Crippen molar-refractivity contribution in [3.63, 3.8) is 0 Å². The van der Waals surface area contributed by atoms with Gasteiger partial charge in [0.1, 0.15) is 23.0 Å². The lowest BCUT2D eigenvalue weighted by atomic mass is 9.73. The van der Waals surface area contributed by atoms with Crippen LogP contribution >= 0.6 is 34.2 Å². The average Bonchev–Trinajstić information content (AvgIpc) is 0.770. The lowest BCUT2D eigenvalue weighted by molar-refractivity contribution is -0.0591. The molecule has 0 aliphatic carbocycles. The molecule has 9 aromatic rings. The van der Waals surface area contributed by atoms with Gasteiger partial charge in [0.25, 0.3) is 0 Å². The quantitative estimate of drug-likeness (QED) is 0.0541. The minimum atomic E-state index is -1.64. The molecule has 0 saturated carbocycles. The van der Waals surface area contributed by atoms with Gasteiger partial charge in [-0.25, -0.2) is 0 Å². The van der Waals surface area contributed by atoms with E-state index in [1.54, 1.807) is 0 Å². The van der Waals surface area contributed by atoms with Crippen LogP contribution in [0.5, 0.6) is 23.0 Å². The molecule has 0 N–H and O–H groups in total. The molecule has 9 aromatic carbocycles. The first kappa shape index (κ1) is 97.2. The second-order valence-electron chi connectivity index (χ2n) is 42.1. The van der Waals surface area contributed by atoms with E-state index in [1.165, 1.54) is 89.0 Å². The van der Waals surface area contributed by atoms with Gasteiger partial charge in [0.15, 0.2) is 0 Å². The maximum atomic E-state index is 6.69. The second-order valence-corrected chi connectivity index (χ2v) is 47.0. The maximum Gasteiger partial charge on any atom is 0.463 e. The minimum Gasteiger partial charge on any atom is -0.426 e. The standard InChI is InChI=1S/C53H58O5P2.C31H47O3P.C24H41O3P/c1-50(2,42-24-13-8-14-25-42)45-31-33-49(41(34-45)23-19-22-40-20-11-7-12-21-40)59-54-36-53(37-55-59)38-56-60(57-39-53)58-48-32-30-46(51(3,4)43-26-15-9-16-27-43)35-47(48)52(5,6)44-28-17-10-18-29-44;1-12-32-35-33-28-24(15-22(13-20(2)3)17-26(28)30(6,7)8)19-25-16-23(14-21(4)5)18-27(29(25)34-35)31(9,10)11;1-11-24(10)15-25-28(26-16-24)27-21-19(22(4,5)6)13-18(12-17(2)3)14-20(21)23(7,8)9/h7-18,20-21,24-35H,19,22-23,36-39H2,1-6H3;15-18,20-21H,12-14,19H2,1-11H3;13-14,17H,11-12,15-16H2,1-10H3. The zero-order valence-corrected chi connectivity index (χ0v) is 83.2. The highest BCUT2D eigenvalue weighted by atomic mass is 31.2. The van der Waals surface area contributed by atoms with Crippen molar-refractivity contribution in [3.05, 3.63) is 289 Å². The molecule has 3 saturated heterocycles. The first-order valence-corrected chi connectivity index (χ1v) is 49.7. The molecule has 123 heavy (non-hydrogen) atoms. The first-order chi connectivity index (χ1) is 57.9. The Kier molecular flexibility index (Phi) is 32.4. The summed E-state index contributed by atoms with van der Waals surface area (Å²) in [5.74, 6) is 5.43. The zero-order chi connectivity index (χ0) is 89.3. The topological polar surface area (TPSA) is 102 Å². The van der Waals surface area contributed by atoms with Crippen LogP contribution in [0.4, 0.5) is 0 Å². The molecule has 0 atom stereocenters. The maximum absolute atomic E-state index is 6.69. The summed E-state index contributed by atoms with van der Waals surface area (Å²) in [6.45, 7) is 64.7. The predicted octanol–water partition coefficient (Wildman–Crippen LogP) is 30.0. The van der Waals surface area contributed by atoms with Gasteiger partial charge in [0.2, 0.25) is 8.38 Å². The number of hydrogen-bond acceptors (Lipinski definition) is 11. The fraction of sp³-hybridized carbons (Fsp3) is 0.500. The molecule has 0 unspecified atom stereocenters. The number of rotatable bonds is 24. The normalized spacial score (nSPS) is 19.3. The van der Waals surface area contributed by atoms with Gasteiger partial charge in [-0.15, -0.1) is 0 Å². The molecule has 664 valence electrons. The molecule has 13 rings (SSSR count). The third-order valence-electron chi connectivity index (χ3n) is 24.5. The van der Waals surface area contributed by atoms with E-state index < -0.39 is 39.6 Å². The van der Waals surface area contributed by atoms with Crippen molar-refractivity contribution < 1.29 is 49.8 Å². The van der Waals surface area contributed by atoms with Crippen LogP contribution in [0.15, 0.2) is 194 Å². The summed E-state index contributed by atoms with van der Waals surface area (Å²) in [6, 6.07) is 70.4. The summed E-state index contributed by atoms with van der Waals surface area (Å²) in [5.41, 5.74) is 20.5. The molecule has 11 nitrogen and oxygen atoms in total. The Morgan fingerprint density at radius 2 is 0.756 bits per heavy atom. The van der Waals surface area contributed by atoms with E-state index in [1.807, 2.05) is 6.92 Å². The Morgan fingerprint density at radius 3 is 1.19 bits per heavy atom. The monoisotopic (exact) mass is 1740 g/mol. The van der Waals surface area contributed by atoms with Gasteiger partial charge >= 0.3 is 25.8 Å². The predicted molar refractivity (Wildman–Crippen MR) is 518 cm³/mol. The van der Waals surface area contributed by atoms with E-state index in [9.17, 15) is 0 Å². The Hall–Kier alpha value is -6.38. The first-order valence-electron chi connectivity index (χ1n) is 45.2. The molecule has 15 heteroatoms.